The molecule has 0 aliphatic carbocycles. The lowest BCUT2D eigenvalue weighted by Crippen LogP contribution is -2.61. The molecule has 3 aromatic carbocycles. The summed E-state index contributed by atoms with van der Waals surface area (Å²) >= 11 is 0. The number of fused-ring (bicyclic) bond motifs is 2. The molecule has 34 nitrogen and oxygen atoms in total. The Hall–Kier alpha value is -11.7. The molecule has 8 rings (SSSR count). The number of imidazole rings is 2. The number of H-pyrrole nitrogens is 4. The Morgan fingerprint density at radius 3 is 1.55 bits per heavy atom. The summed E-state index contributed by atoms with van der Waals surface area (Å²) in [4.78, 5) is 174. The smallest absolute Gasteiger partial charge is 0.322 e. The summed E-state index contributed by atoms with van der Waals surface area (Å²) in [6.07, 6.45) is 7.11. The molecule has 9 atom stereocenters. The molecule has 0 spiro atoms. The molecular weight excluding hydrogens is 1270 g/mol. The summed E-state index contributed by atoms with van der Waals surface area (Å²) < 4.78 is 0. The van der Waals surface area contributed by atoms with Gasteiger partial charge in [0.25, 0.3) is 0 Å². The number of aromatic hydroxyl groups is 1. The maximum absolute atomic E-state index is 15.1. The number of nitrogens with one attached hydrogen (secondary N) is 14. The van der Waals surface area contributed by atoms with E-state index in [1.54, 1.807) is 60.9 Å². The van der Waals surface area contributed by atoms with E-state index in [1.807, 2.05) is 0 Å². The molecule has 5 heterocycles. The number of carboxylic acids is 2. The van der Waals surface area contributed by atoms with Crippen LogP contribution in [0.5, 0.6) is 5.75 Å². The Bertz CT molecular complexity index is 3950. The number of nitrogens with two attached hydrogens (primary N) is 2. The summed E-state index contributed by atoms with van der Waals surface area (Å²) in [5, 5.41) is 71.9. The number of carbonyl (C=O) groups excluding carboxylic acids is 9. The van der Waals surface area contributed by atoms with Crippen LogP contribution in [0, 0.1) is 5.41 Å². The molecule has 22 N–H and O–H groups in total. The number of hydrogen-bond acceptors (Lipinski definition) is 17. The van der Waals surface area contributed by atoms with Gasteiger partial charge in [-0.15, -0.1) is 0 Å². The monoisotopic (exact) mass is 1350 g/mol. The second-order valence-electron chi connectivity index (χ2n) is 23.5. The van der Waals surface area contributed by atoms with E-state index < -0.39 is 145 Å². The third kappa shape index (κ3) is 20.4. The Morgan fingerprint density at radius 2 is 1.05 bits per heavy atom. The highest BCUT2D eigenvalue weighted by atomic mass is 16.4. The fourth-order valence-electron chi connectivity index (χ4n) is 11.3. The molecule has 1 fully saturated rings. The predicted octanol–water partition coefficient (Wildman–Crippen LogP) is -2.65. The Morgan fingerprint density at radius 1 is 0.571 bits per heavy atom. The van der Waals surface area contributed by atoms with Gasteiger partial charge in [0.1, 0.15) is 60.6 Å². The number of benzene rings is 3. The van der Waals surface area contributed by atoms with Gasteiger partial charge in [-0.3, -0.25) is 58.1 Å². The van der Waals surface area contributed by atoms with Crippen LogP contribution >= 0.6 is 0 Å². The second kappa shape index (κ2) is 34.6. The van der Waals surface area contributed by atoms with E-state index in [0.717, 1.165) is 0 Å². The molecule has 34 heteroatoms. The standard InChI is InChI=1S/C64H79N19O15/c65-42(17-18-53(86)87)55(90)77-48(24-37-28-68-32-74-37)60(95)79-47(23-36-27-72-44-10-4-2-8-41(36)44)58(93)82-51(31-84)61(96)80-49(25-38-29-69-33-75-38)59(94)76-45(11-5-19-70-64(66)67)56(91)78-46(22-35-26-71-43-9-3-1-7-40(35)43)57(92)81-50(21-34-13-15-39(85)16-14-34)63(98)83-20-6-12-52(83)62(97)73-30-54(88)89/h1-4,7-10,13-16,26-29,32-33,42,45-52,71-72,84-85H,5-6,11-12,17-25,30-31,65H2,(H,68,74)(H,69,75)(H,73,97)(H,76,94)(H,77,90)(H,78,91)(H,79,95)(H,80,96)(H,81,92)(H,82,93)(H,86,87)(H,88,89)(H4,66,67,70)/t42-,45+,46-,47-,48-,49-,50-,51-,52-/m0/s1. The van der Waals surface area contributed by atoms with Crippen LogP contribution in [0.4, 0.5) is 0 Å². The minimum absolute atomic E-state index is 0.0113. The topological polar surface area (TPSA) is 545 Å². The number of aliphatic carboxylic acids is 2. The highest BCUT2D eigenvalue weighted by molar-refractivity contribution is 6.00. The number of hydrogen-bond donors (Lipinski definition) is 20. The number of phenolic OH excluding ortho intramolecular Hbond substituents is 1. The number of amides is 9. The van der Waals surface area contributed by atoms with Crippen LogP contribution in [0.1, 0.15) is 66.6 Å². The minimum Gasteiger partial charge on any atom is -0.508 e. The molecule has 0 radical (unpaired) electrons. The van der Waals surface area contributed by atoms with Gasteiger partial charge < -0.3 is 105 Å². The van der Waals surface area contributed by atoms with Crippen LogP contribution < -0.4 is 59.3 Å². The Labute approximate surface area is 558 Å². The van der Waals surface area contributed by atoms with Crippen LogP contribution in [0.3, 0.4) is 0 Å². The van der Waals surface area contributed by atoms with Gasteiger partial charge in [0.2, 0.25) is 53.2 Å². The molecule has 7 aromatic rings. The molecule has 0 bridgehead atoms. The van der Waals surface area contributed by atoms with Gasteiger partial charge in [-0.2, -0.15) is 0 Å². The molecule has 520 valence electrons. The first-order chi connectivity index (χ1) is 47.0. The molecule has 4 aromatic heterocycles. The van der Waals surface area contributed by atoms with E-state index in [9.17, 15) is 63.6 Å². The zero-order chi connectivity index (χ0) is 70.4. The Kier molecular flexibility index (Phi) is 25.5. The predicted molar refractivity (Wildman–Crippen MR) is 350 cm³/mol. The molecule has 98 heavy (non-hydrogen) atoms. The largest absolute Gasteiger partial charge is 0.508 e. The lowest BCUT2D eigenvalue weighted by atomic mass is 10.0. The number of nitrogens with zero attached hydrogens (tertiary/aromatic N) is 3. The van der Waals surface area contributed by atoms with Crippen LogP contribution in [-0.2, 0) is 84.8 Å². The fraction of sp³-hybridized carbons (Fsp3) is 0.375. The summed E-state index contributed by atoms with van der Waals surface area (Å²) in [7, 11) is 0. The summed E-state index contributed by atoms with van der Waals surface area (Å²) in [5.41, 5.74) is 15.1. The van der Waals surface area contributed by atoms with Crippen molar-refractivity contribution in [2.45, 2.75) is 125 Å². The van der Waals surface area contributed by atoms with Crippen molar-refractivity contribution in [2.24, 2.45) is 11.5 Å². The SMILES string of the molecule is N=C(N)NCCC[C@@H](NC(=O)[C@H](Cc1cnc[nH]1)NC(=O)[C@H](CO)NC(=O)[C@H](Cc1c[nH]c2ccccc12)NC(=O)[C@H](Cc1cnc[nH]1)NC(=O)[C@@H](N)CCC(=O)O)C(=O)N[C@@H](Cc1c[nH]c2ccccc12)C(=O)N[C@@H](Cc1ccc(O)cc1)C(=O)N1CCC[C@H]1C(=O)NCC(=O)O. The van der Waals surface area contributed by atoms with E-state index in [4.69, 9.17) is 16.9 Å². The van der Waals surface area contributed by atoms with Gasteiger partial charge in [0.05, 0.1) is 25.3 Å². The molecule has 1 saturated heterocycles. The average Bonchev–Trinajstić information content (AvgIpc) is 1.62. The number of rotatable bonds is 36. The third-order valence-electron chi connectivity index (χ3n) is 16.4. The van der Waals surface area contributed by atoms with Crippen molar-refractivity contribution in [3.8, 4) is 5.75 Å². The number of guanidine groups is 1. The van der Waals surface area contributed by atoms with Gasteiger partial charge in [-0.05, 0) is 73.1 Å². The quantitative estimate of drug-likeness (QED) is 0.0108. The second-order valence-corrected chi connectivity index (χ2v) is 23.5. The molecule has 1 aliphatic heterocycles. The van der Waals surface area contributed by atoms with E-state index in [0.29, 0.717) is 50.6 Å². The van der Waals surface area contributed by atoms with E-state index >= 15 is 9.59 Å². The lowest BCUT2D eigenvalue weighted by Gasteiger charge is -2.30. The number of aromatic nitrogens is 6. The fourth-order valence-corrected chi connectivity index (χ4v) is 11.3. The van der Waals surface area contributed by atoms with E-state index in [2.05, 4.69) is 77.8 Å². The zero-order valence-electron chi connectivity index (χ0n) is 53.0. The molecule has 0 unspecified atom stereocenters. The first-order valence-corrected chi connectivity index (χ1v) is 31.4. The number of carbonyl (C=O) groups is 11. The van der Waals surface area contributed by atoms with Crippen molar-refractivity contribution >= 4 is 92.9 Å². The summed E-state index contributed by atoms with van der Waals surface area (Å²) in [6, 6.07) is 6.55. The number of aliphatic hydroxyl groups excluding tert-OH is 1. The van der Waals surface area contributed by atoms with Crippen molar-refractivity contribution in [2.75, 3.05) is 26.2 Å². The van der Waals surface area contributed by atoms with Crippen LogP contribution in [0.25, 0.3) is 21.8 Å². The molecule has 9 amide bonds. The first kappa shape index (κ1) is 72.2. The summed E-state index contributed by atoms with van der Waals surface area (Å²) in [6.45, 7) is -1.71. The van der Waals surface area contributed by atoms with Gasteiger partial charge in [0, 0.05) is 110 Å². The Balaban J connectivity index is 1.05. The van der Waals surface area contributed by atoms with Crippen molar-refractivity contribution in [3.05, 3.63) is 138 Å². The normalized spacial score (nSPS) is 15.2. The molecule has 1 aliphatic rings. The average molecular weight is 1350 g/mol. The maximum atomic E-state index is 15.1. The number of aromatic amines is 4. The van der Waals surface area contributed by atoms with Crippen molar-refractivity contribution in [1.82, 2.24) is 82.7 Å². The van der Waals surface area contributed by atoms with E-state index in [1.165, 1.54) is 54.2 Å². The van der Waals surface area contributed by atoms with E-state index in [-0.39, 0.29) is 82.3 Å². The highest BCUT2D eigenvalue weighted by Gasteiger charge is 2.40. The van der Waals surface area contributed by atoms with Gasteiger partial charge in [-0.1, -0.05) is 48.5 Å². The van der Waals surface area contributed by atoms with Crippen molar-refractivity contribution < 1.29 is 73.2 Å². The number of carboxylic acid groups (broad SMARTS) is 2. The summed E-state index contributed by atoms with van der Waals surface area (Å²) in [5.74, 6) is -11.2. The minimum atomic E-state index is -1.84. The highest BCUT2D eigenvalue weighted by Crippen LogP contribution is 2.24. The van der Waals surface area contributed by atoms with Crippen LogP contribution in [-0.4, -0.2) is 207 Å². The maximum Gasteiger partial charge on any atom is 0.322 e. The van der Waals surface area contributed by atoms with Crippen LogP contribution in [0.2, 0.25) is 0 Å². The number of aliphatic hydroxyl groups is 1. The van der Waals surface area contributed by atoms with Gasteiger partial charge in [0.15, 0.2) is 5.96 Å². The number of para-hydroxylation sites is 2. The van der Waals surface area contributed by atoms with Gasteiger partial charge in [-0.25, -0.2) is 9.97 Å². The number of likely N-dealkylation sites (tertiary alicyclic amines) is 1. The van der Waals surface area contributed by atoms with Gasteiger partial charge >= 0.3 is 11.9 Å². The third-order valence-corrected chi connectivity index (χ3v) is 16.4. The molecular formula is C64H79N19O15. The van der Waals surface area contributed by atoms with Crippen molar-refractivity contribution in [3.63, 3.8) is 0 Å². The lowest BCUT2D eigenvalue weighted by molar-refractivity contribution is -0.143. The van der Waals surface area contributed by atoms with Crippen molar-refractivity contribution in [1.29, 1.82) is 5.41 Å². The zero-order valence-corrected chi connectivity index (χ0v) is 53.0. The number of phenols is 1. The first-order valence-electron chi connectivity index (χ1n) is 31.4. The molecule has 0 saturated carbocycles. The van der Waals surface area contributed by atoms with Crippen LogP contribution in [0.15, 0.2) is 110 Å².